The molecule has 1 amide bonds. The third-order valence-corrected chi connectivity index (χ3v) is 3.20. The van der Waals surface area contributed by atoms with Gasteiger partial charge in [0, 0.05) is 11.7 Å². The Balaban J connectivity index is 1.82. The zero-order chi connectivity index (χ0) is 14.4. The quantitative estimate of drug-likeness (QED) is 0.873. The van der Waals surface area contributed by atoms with Gasteiger partial charge < -0.3 is 10.6 Å². The van der Waals surface area contributed by atoms with E-state index in [1.807, 2.05) is 30.3 Å². The minimum Gasteiger partial charge on any atom is -0.325 e. The number of amides is 1. The number of carbonyl (C=O) groups is 1. The first-order valence-corrected chi connectivity index (χ1v) is 6.80. The van der Waals surface area contributed by atoms with E-state index >= 15 is 0 Å². The van der Waals surface area contributed by atoms with E-state index in [2.05, 4.69) is 48.7 Å². The van der Waals surface area contributed by atoms with E-state index in [1.54, 1.807) is 0 Å². The van der Waals surface area contributed by atoms with E-state index in [0.717, 1.165) is 5.69 Å². The fourth-order valence-corrected chi connectivity index (χ4v) is 1.95. The minimum atomic E-state index is -0.0323. The summed E-state index contributed by atoms with van der Waals surface area (Å²) < 4.78 is 0. The molecule has 2 N–H and O–H groups in total. The standard InChI is InChI=1S/C17H20N2O/c1-13-8-10-15(11-9-13)14(2)18-12-17(20)19-16-6-4-3-5-7-16/h3-11,14,18H,12H2,1-2H3,(H,19,20)/t14-/m0/s1. The molecule has 0 bridgehead atoms. The van der Waals surface area contributed by atoms with Gasteiger partial charge in [0.2, 0.25) is 5.91 Å². The molecule has 0 unspecified atom stereocenters. The summed E-state index contributed by atoms with van der Waals surface area (Å²) in [5, 5.41) is 6.08. The van der Waals surface area contributed by atoms with Gasteiger partial charge in [-0.2, -0.15) is 0 Å². The van der Waals surface area contributed by atoms with Crippen LogP contribution in [0, 0.1) is 6.92 Å². The number of anilines is 1. The zero-order valence-electron chi connectivity index (χ0n) is 11.9. The molecule has 0 radical (unpaired) electrons. The Morgan fingerprint density at radius 1 is 1.05 bits per heavy atom. The second kappa shape index (κ2) is 6.87. The Labute approximate surface area is 120 Å². The summed E-state index contributed by atoms with van der Waals surface area (Å²) in [4.78, 5) is 11.8. The van der Waals surface area contributed by atoms with Crippen molar-refractivity contribution in [2.24, 2.45) is 0 Å². The molecule has 0 aromatic heterocycles. The number of nitrogens with one attached hydrogen (secondary N) is 2. The molecule has 3 nitrogen and oxygen atoms in total. The predicted octanol–water partition coefficient (Wildman–Crippen LogP) is 3.28. The second-order valence-electron chi connectivity index (χ2n) is 4.93. The molecule has 2 aromatic carbocycles. The number of benzene rings is 2. The minimum absolute atomic E-state index is 0.0323. The van der Waals surface area contributed by atoms with Crippen molar-refractivity contribution >= 4 is 11.6 Å². The van der Waals surface area contributed by atoms with E-state index in [-0.39, 0.29) is 11.9 Å². The molecule has 0 aliphatic heterocycles. The molecule has 1 atom stereocenters. The van der Waals surface area contributed by atoms with Crippen LogP contribution in [0.25, 0.3) is 0 Å². The Kier molecular flexibility index (Phi) is 4.91. The number of para-hydroxylation sites is 1. The fourth-order valence-electron chi connectivity index (χ4n) is 1.95. The van der Waals surface area contributed by atoms with Crippen molar-refractivity contribution in [1.82, 2.24) is 5.32 Å². The zero-order valence-corrected chi connectivity index (χ0v) is 11.9. The van der Waals surface area contributed by atoms with Crippen LogP contribution >= 0.6 is 0 Å². The molecule has 0 aliphatic rings. The molecule has 2 rings (SSSR count). The summed E-state index contributed by atoms with van der Waals surface area (Å²) in [6.07, 6.45) is 0. The normalized spacial score (nSPS) is 11.9. The maximum absolute atomic E-state index is 11.8. The first kappa shape index (κ1) is 14.3. The Bertz CT molecular complexity index is 549. The third-order valence-electron chi connectivity index (χ3n) is 3.20. The van der Waals surface area contributed by atoms with Gasteiger partial charge in [-0.25, -0.2) is 0 Å². The lowest BCUT2D eigenvalue weighted by atomic mass is 10.1. The largest absolute Gasteiger partial charge is 0.325 e. The number of rotatable bonds is 5. The van der Waals surface area contributed by atoms with Crippen molar-refractivity contribution in [3.8, 4) is 0 Å². The highest BCUT2D eigenvalue weighted by Gasteiger charge is 2.07. The van der Waals surface area contributed by atoms with E-state index < -0.39 is 0 Å². The van der Waals surface area contributed by atoms with Crippen molar-refractivity contribution in [1.29, 1.82) is 0 Å². The third kappa shape index (κ3) is 4.21. The SMILES string of the molecule is Cc1ccc([C@H](C)NCC(=O)Nc2ccccc2)cc1. The molecule has 104 valence electrons. The summed E-state index contributed by atoms with van der Waals surface area (Å²) in [6, 6.07) is 18.0. The van der Waals surface area contributed by atoms with Gasteiger partial charge >= 0.3 is 0 Å². The first-order chi connectivity index (χ1) is 9.65. The summed E-state index contributed by atoms with van der Waals surface area (Å²) in [6.45, 7) is 4.42. The van der Waals surface area contributed by atoms with Gasteiger partial charge in [-0.3, -0.25) is 4.79 Å². The molecule has 0 fully saturated rings. The van der Waals surface area contributed by atoms with Crippen LogP contribution in [-0.4, -0.2) is 12.5 Å². The van der Waals surface area contributed by atoms with Gasteiger partial charge in [-0.05, 0) is 31.5 Å². The lowest BCUT2D eigenvalue weighted by Gasteiger charge is -2.14. The topological polar surface area (TPSA) is 41.1 Å². The van der Waals surface area contributed by atoms with Gasteiger partial charge in [0.25, 0.3) is 0 Å². The van der Waals surface area contributed by atoms with Crippen molar-refractivity contribution < 1.29 is 4.79 Å². The lowest BCUT2D eigenvalue weighted by Crippen LogP contribution is -2.30. The lowest BCUT2D eigenvalue weighted by molar-refractivity contribution is -0.115. The highest BCUT2D eigenvalue weighted by molar-refractivity contribution is 5.92. The summed E-state index contributed by atoms with van der Waals surface area (Å²) in [5.41, 5.74) is 3.24. The summed E-state index contributed by atoms with van der Waals surface area (Å²) in [7, 11) is 0. The van der Waals surface area contributed by atoms with E-state index in [1.165, 1.54) is 11.1 Å². The van der Waals surface area contributed by atoms with Gasteiger partial charge in [0.05, 0.1) is 6.54 Å². The van der Waals surface area contributed by atoms with Crippen molar-refractivity contribution in [3.05, 3.63) is 65.7 Å². The molecule has 3 heteroatoms. The molecule has 0 aliphatic carbocycles. The maximum atomic E-state index is 11.8. The average molecular weight is 268 g/mol. The molecule has 0 saturated heterocycles. The van der Waals surface area contributed by atoms with E-state index in [0.29, 0.717) is 6.54 Å². The molecule has 20 heavy (non-hydrogen) atoms. The van der Waals surface area contributed by atoms with Gasteiger partial charge in [-0.15, -0.1) is 0 Å². The van der Waals surface area contributed by atoms with Crippen LogP contribution in [0.5, 0.6) is 0 Å². The highest BCUT2D eigenvalue weighted by atomic mass is 16.1. The number of hydrogen-bond acceptors (Lipinski definition) is 2. The van der Waals surface area contributed by atoms with Crippen LogP contribution in [-0.2, 0) is 4.79 Å². The van der Waals surface area contributed by atoms with Crippen molar-refractivity contribution in [3.63, 3.8) is 0 Å². The summed E-state index contributed by atoms with van der Waals surface area (Å²) in [5.74, 6) is -0.0323. The van der Waals surface area contributed by atoms with Crippen LogP contribution in [0.3, 0.4) is 0 Å². The summed E-state index contributed by atoms with van der Waals surface area (Å²) >= 11 is 0. The van der Waals surface area contributed by atoms with Crippen LogP contribution in [0.4, 0.5) is 5.69 Å². The van der Waals surface area contributed by atoms with Crippen molar-refractivity contribution in [2.75, 3.05) is 11.9 Å². The van der Waals surface area contributed by atoms with Gasteiger partial charge in [0.1, 0.15) is 0 Å². The molecular formula is C17H20N2O. The average Bonchev–Trinajstić information content (AvgIpc) is 2.46. The van der Waals surface area contributed by atoms with Gasteiger partial charge in [-0.1, -0.05) is 48.0 Å². The highest BCUT2D eigenvalue weighted by Crippen LogP contribution is 2.12. The van der Waals surface area contributed by atoms with E-state index in [9.17, 15) is 4.79 Å². The molecular weight excluding hydrogens is 248 g/mol. The molecule has 0 saturated carbocycles. The Morgan fingerprint density at radius 2 is 1.70 bits per heavy atom. The molecule has 0 spiro atoms. The van der Waals surface area contributed by atoms with Crippen molar-refractivity contribution in [2.45, 2.75) is 19.9 Å². The molecule has 0 heterocycles. The maximum Gasteiger partial charge on any atom is 0.238 e. The van der Waals surface area contributed by atoms with Crippen LogP contribution in [0.1, 0.15) is 24.1 Å². The molecule has 2 aromatic rings. The van der Waals surface area contributed by atoms with Crippen LogP contribution in [0.2, 0.25) is 0 Å². The van der Waals surface area contributed by atoms with Gasteiger partial charge in [0.15, 0.2) is 0 Å². The number of carbonyl (C=O) groups excluding carboxylic acids is 1. The van der Waals surface area contributed by atoms with Crippen LogP contribution in [0.15, 0.2) is 54.6 Å². The predicted molar refractivity (Wildman–Crippen MR) is 82.7 cm³/mol. The second-order valence-corrected chi connectivity index (χ2v) is 4.93. The Hall–Kier alpha value is -2.13. The smallest absolute Gasteiger partial charge is 0.238 e. The van der Waals surface area contributed by atoms with Crippen LogP contribution < -0.4 is 10.6 Å². The number of aryl methyl sites for hydroxylation is 1. The monoisotopic (exact) mass is 268 g/mol. The Morgan fingerprint density at radius 3 is 2.35 bits per heavy atom. The number of hydrogen-bond donors (Lipinski definition) is 2. The first-order valence-electron chi connectivity index (χ1n) is 6.80. The van der Waals surface area contributed by atoms with E-state index in [4.69, 9.17) is 0 Å². The fraction of sp³-hybridized carbons (Fsp3) is 0.235.